The lowest BCUT2D eigenvalue weighted by Crippen LogP contribution is -2.33. The number of imidazole rings is 1. The maximum absolute atomic E-state index is 13.1. The highest BCUT2D eigenvalue weighted by Crippen LogP contribution is 2.26. The summed E-state index contributed by atoms with van der Waals surface area (Å²) in [5, 5.41) is 0. The molecular weight excluding hydrogens is 360 g/mol. The van der Waals surface area contributed by atoms with Crippen LogP contribution in [0.3, 0.4) is 0 Å². The Kier molecular flexibility index (Phi) is 8.30. The first-order valence-corrected chi connectivity index (χ1v) is 10.6. The SMILES string of the molecule is CC(CC(=O)N(CCCn1ccnc1)Cc1ccc(N(C)C)cc1)CC(C)(C)C. The summed E-state index contributed by atoms with van der Waals surface area (Å²) >= 11 is 0. The second-order valence-corrected chi connectivity index (χ2v) is 9.60. The number of carbonyl (C=O) groups excluding carboxylic acids is 1. The van der Waals surface area contributed by atoms with Gasteiger partial charge in [-0.25, -0.2) is 4.98 Å². The van der Waals surface area contributed by atoms with E-state index in [2.05, 4.69) is 66.4 Å². The van der Waals surface area contributed by atoms with Gasteiger partial charge in [0.2, 0.25) is 5.91 Å². The molecule has 0 aliphatic carbocycles. The highest BCUT2D eigenvalue weighted by molar-refractivity contribution is 5.76. The van der Waals surface area contributed by atoms with Gasteiger partial charge >= 0.3 is 0 Å². The summed E-state index contributed by atoms with van der Waals surface area (Å²) in [6.45, 7) is 11.2. The van der Waals surface area contributed by atoms with E-state index in [1.165, 1.54) is 11.3 Å². The Morgan fingerprint density at radius 1 is 1.17 bits per heavy atom. The highest BCUT2D eigenvalue weighted by atomic mass is 16.2. The van der Waals surface area contributed by atoms with Crippen LogP contribution in [0.4, 0.5) is 5.69 Å². The maximum Gasteiger partial charge on any atom is 0.223 e. The number of anilines is 1. The summed E-state index contributed by atoms with van der Waals surface area (Å²) in [6.07, 6.45) is 8.18. The molecule has 1 aromatic heterocycles. The third-order valence-electron chi connectivity index (χ3n) is 5.07. The van der Waals surface area contributed by atoms with Crippen LogP contribution in [-0.4, -0.2) is 41.0 Å². The normalized spacial score (nSPS) is 12.6. The van der Waals surface area contributed by atoms with Crippen LogP contribution < -0.4 is 4.90 Å². The van der Waals surface area contributed by atoms with Crippen molar-refractivity contribution in [1.29, 1.82) is 0 Å². The van der Waals surface area contributed by atoms with E-state index in [1.807, 2.05) is 31.5 Å². The number of amides is 1. The first kappa shape index (κ1) is 23.0. The van der Waals surface area contributed by atoms with E-state index in [4.69, 9.17) is 0 Å². The molecule has 1 heterocycles. The van der Waals surface area contributed by atoms with Crippen molar-refractivity contribution < 1.29 is 4.79 Å². The largest absolute Gasteiger partial charge is 0.378 e. The Morgan fingerprint density at radius 3 is 2.41 bits per heavy atom. The quantitative estimate of drug-likeness (QED) is 0.575. The molecular formula is C24H38N4O. The van der Waals surface area contributed by atoms with Crippen LogP contribution >= 0.6 is 0 Å². The minimum absolute atomic E-state index is 0.244. The van der Waals surface area contributed by atoms with E-state index >= 15 is 0 Å². The fourth-order valence-corrected chi connectivity index (χ4v) is 3.82. The number of carbonyl (C=O) groups is 1. The highest BCUT2D eigenvalue weighted by Gasteiger charge is 2.21. The second kappa shape index (κ2) is 10.5. The first-order chi connectivity index (χ1) is 13.6. The summed E-state index contributed by atoms with van der Waals surface area (Å²) < 4.78 is 2.07. The molecule has 29 heavy (non-hydrogen) atoms. The van der Waals surface area contributed by atoms with Crippen molar-refractivity contribution >= 4 is 11.6 Å². The van der Waals surface area contributed by atoms with E-state index in [9.17, 15) is 4.79 Å². The van der Waals surface area contributed by atoms with Gasteiger partial charge in [-0.05, 0) is 41.9 Å². The molecule has 1 aromatic carbocycles. The molecule has 1 atom stereocenters. The van der Waals surface area contributed by atoms with E-state index in [0.717, 1.165) is 25.9 Å². The molecule has 1 unspecified atom stereocenters. The second-order valence-electron chi connectivity index (χ2n) is 9.60. The van der Waals surface area contributed by atoms with Crippen LogP contribution in [-0.2, 0) is 17.9 Å². The smallest absolute Gasteiger partial charge is 0.223 e. The summed E-state index contributed by atoms with van der Waals surface area (Å²) in [4.78, 5) is 21.3. The Labute approximate surface area is 176 Å². The molecule has 1 amide bonds. The lowest BCUT2D eigenvalue weighted by Gasteiger charge is -2.27. The van der Waals surface area contributed by atoms with Crippen molar-refractivity contribution in [3.05, 3.63) is 48.5 Å². The summed E-state index contributed by atoms with van der Waals surface area (Å²) in [5.41, 5.74) is 2.59. The van der Waals surface area contributed by atoms with Gasteiger partial charge < -0.3 is 14.4 Å². The van der Waals surface area contributed by atoms with Crippen molar-refractivity contribution in [2.45, 2.75) is 60.0 Å². The topological polar surface area (TPSA) is 41.4 Å². The lowest BCUT2D eigenvalue weighted by atomic mass is 9.84. The summed E-state index contributed by atoms with van der Waals surface area (Å²) in [7, 11) is 4.08. The van der Waals surface area contributed by atoms with Crippen molar-refractivity contribution in [2.75, 3.05) is 25.5 Å². The third kappa shape index (κ3) is 8.30. The van der Waals surface area contributed by atoms with Gasteiger partial charge in [-0.15, -0.1) is 0 Å². The molecule has 5 nitrogen and oxygen atoms in total. The molecule has 2 rings (SSSR count). The van der Waals surface area contributed by atoms with Crippen molar-refractivity contribution in [3.8, 4) is 0 Å². The molecule has 0 aliphatic heterocycles. The molecule has 5 heteroatoms. The number of rotatable bonds is 10. The number of hydrogen-bond donors (Lipinski definition) is 0. The predicted octanol–water partition coefficient (Wildman–Crippen LogP) is 4.83. The molecule has 0 bridgehead atoms. The zero-order chi connectivity index (χ0) is 21.4. The van der Waals surface area contributed by atoms with Crippen LogP contribution in [0.25, 0.3) is 0 Å². The Bertz CT molecular complexity index is 729. The number of aromatic nitrogens is 2. The zero-order valence-corrected chi connectivity index (χ0v) is 19.1. The molecule has 0 spiro atoms. The van der Waals surface area contributed by atoms with Crippen LogP contribution in [0.2, 0.25) is 0 Å². The minimum Gasteiger partial charge on any atom is -0.378 e. The molecule has 2 aromatic rings. The van der Waals surface area contributed by atoms with Crippen molar-refractivity contribution in [3.63, 3.8) is 0 Å². The fraction of sp³-hybridized carbons (Fsp3) is 0.583. The van der Waals surface area contributed by atoms with Crippen LogP contribution in [0.15, 0.2) is 43.0 Å². The zero-order valence-electron chi connectivity index (χ0n) is 19.1. The molecule has 0 fully saturated rings. The average Bonchev–Trinajstić information content (AvgIpc) is 3.13. The average molecular weight is 399 g/mol. The maximum atomic E-state index is 13.1. The van der Waals surface area contributed by atoms with E-state index in [0.29, 0.717) is 18.9 Å². The number of benzene rings is 1. The third-order valence-corrected chi connectivity index (χ3v) is 5.07. The van der Waals surface area contributed by atoms with Crippen LogP contribution in [0, 0.1) is 11.3 Å². The standard InChI is InChI=1S/C24H38N4O/c1-20(17-24(2,3)4)16-23(29)28(14-7-13-27-15-12-25-19-27)18-21-8-10-22(11-9-21)26(5)6/h8-12,15,19-20H,7,13-14,16-18H2,1-6H3. The number of nitrogens with zero attached hydrogens (tertiary/aromatic N) is 4. The Hall–Kier alpha value is -2.30. The van der Waals surface area contributed by atoms with Gasteiger partial charge in [0.25, 0.3) is 0 Å². The van der Waals surface area contributed by atoms with E-state index in [1.54, 1.807) is 6.20 Å². The van der Waals surface area contributed by atoms with Gasteiger partial charge in [-0.2, -0.15) is 0 Å². The number of aryl methyl sites for hydroxylation is 1. The van der Waals surface area contributed by atoms with Gasteiger partial charge in [0.1, 0.15) is 0 Å². The summed E-state index contributed by atoms with van der Waals surface area (Å²) in [5.74, 6) is 0.638. The van der Waals surface area contributed by atoms with E-state index in [-0.39, 0.29) is 11.3 Å². The van der Waals surface area contributed by atoms with Gasteiger partial charge in [0.05, 0.1) is 6.33 Å². The molecule has 0 saturated carbocycles. The lowest BCUT2D eigenvalue weighted by molar-refractivity contribution is -0.133. The van der Waals surface area contributed by atoms with Gasteiger partial charge in [0, 0.05) is 58.2 Å². The molecule has 0 saturated heterocycles. The van der Waals surface area contributed by atoms with Crippen LogP contribution in [0.1, 0.15) is 52.5 Å². The minimum atomic E-state index is 0.244. The Balaban J connectivity index is 2.01. The van der Waals surface area contributed by atoms with Gasteiger partial charge in [0.15, 0.2) is 0 Å². The molecule has 160 valence electrons. The van der Waals surface area contributed by atoms with Gasteiger partial charge in [-0.3, -0.25) is 4.79 Å². The fourth-order valence-electron chi connectivity index (χ4n) is 3.82. The summed E-state index contributed by atoms with van der Waals surface area (Å²) in [6, 6.07) is 8.49. The molecule has 0 aliphatic rings. The van der Waals surface area contributed by atoms with Crippen molar-refractivity contribution in [2.24, 2.45) is 11.3 Å². The first-order valence-electron chi connectivity index (χ1n) is 10.6. The number of hydrogen-bond acceptors (Lipinski definition) is 3. The van der Waals surface area contributed by atoms with Gasteiger partial charge in [-0.1, -0.05) is 39.8 Å². The molecule has 0 N–H and O–H groups in total. The monoisotopic (exact) mass is 398 g/mol. The van der Waals surface area contributed by atoms with Crippen molar-refractivity contribution in [1.82, 2.24) is 14.5 Å². The van der Waals surface area contributed by atoms with E-state index < -0.39 is 0 Å². The predicted molar refractivity (Wildman–Crippen MR) is 121 cm³/mol. The Morgan fingerprint density at radius 2 is 1.86 bits per heavy atom. The van der Waals surface area contributed by atoms with Crippen LogP contribution in [0.5, 0.6) is 0 Å². The molecule has 0 radical (unpaired) electrons.